The fourth-order valence-corrected chi connectivity index (χ4v) is 3.07. The van der Waals surface area contributed by atoms with Crippen molar-refractivity contribution < 1.29 is 9.90 Å². The highest BCUT2D eigenvalue weighted by atomic mass is 16.4. The molecule has 122 valence electrons. The van der Waals surface area contributed by atoms with E-state index in [0.29, 0.717) is 27.9 Å². The number of nitrogens with zero attached hydrogens (tertiary/aromatic N) is 1. The average molecular weight is 319 g/mol. The number of hydrogen-bond acceptors (Lipinski definition) is 2. The van der Waals surface area contributed by atoms with Crippen molar-refractivity contribution in [3.63, 3.8) is 0 Å². The summed E-state index contributed by atoms with van der Waals surface area (Å²) in [4.78, 5) is 16.5. The van der Waals surface area contributed by atoms with Crippen molar-refractivity contribution in [1.29, 1.82) is 0 Å². The first-order valence-electron chi connectivity index (χ1n) is 8.26. The maximum Gasteiger partial charge on any atom is 0.336 e. The van der Waals surface area contributed by atoms with E-state index in [9.17, 15) is 9.90 Å². The van der Waals surface area contributed by atoms with Crippen LogP contribution >= 0.6 is 0 Å². The summed E-state index contributed by atoms with van der Waals surface area (Å²) in [6.07, 6.45) is 1.09. The van der Waals surface area contributed by atoms with Gasteiger partial charge in [0, 0.05) is 10.9 Å². The lowest BCUT2D eigenvalue weighted by Crippen LogP contribution is -2.05. The van der Waals surface area contributed by atoms with Crippen molar-refractivity contribution in [3.8, 4) is 11.3 Å². The lowest BCUT2D eigenvalue weighted by atomic mass is 9.94. The summed E-state index contributed by atoms with van der Waals surface area (Å²) in [6, 6.07) is 15.7. The van der Waals surface area contributed by atoms with Gasteiger partial charge in [-0.25, -0.2) is 9.78 Å². The van der Waals surface area contributed by atoms with E-state index in [-0.39, 0.29) is 0 Å². The van der Waals surface area contributed by atoms with E-state index in [1.54, 1.807) is 0 Å². The van der Waals surface area contributed by atoms with Gasteiger partial charge < -0.3 is 5.11 Å². The van der Waals surface area contributed by atoms with Gasteiger partial charge in [0.1, 0.15) is 0 Å². The Morgan fingerprint density at radius 3 is 2.42 bits per heavy atom. The van der Waals surface area contributed by atoms with E-state index in [4.69, 9.17) is 4.98 Å². The third kappa shape index (κ3) is 2.78. The van der Waals surface area contributed by atoms with Gasteiger partial charge >= 0.3 is 5.97 Å². The third-order valence-corrected chi connectivity index (χ3v) is 4.72. The molecule has 24 heavy (non-hydrogen) atoms. The summed E-state index contributed by atoms with van der Waals surface area (Å²) in [5.41, 5.74) is 4.73. The Labute approximate surface area is 142 Å². The molecule has 0 aliphatic rings. The number of fused-ring (bicyclic) bond motifs is 1. The first-order valence-corrected chi connectivity index (χ1v) is 8.26. The SMILES string of the molecule is CC[C@H](C)c1ccc(-c2nc3ccccc3c(C(=O)O)c2C)cc1. The minimum absolute atomic E-state index is 0.335. The van der Waals surface area contributed by atoms with E-state index in [2.05, 4.69) is 26.0 Å². The van der Waals surface area contributed by atoms with Gasteiger partial charge in [0.25, 0.3) is 0 Å². The molecule has 0 fully saturated rings. The molecule has 1 N–H and O–H groups in total. The highest BCUT2D eigenvalue weighted by molar-refractivity contribution is 6.05. The van der Waals surface area contributed by atoms with Gasteiger partial charge in [-0.3, -0.25) is 0 Å². The highest BCUT2D eigenvalue weighted by Gasteiger charge is 2.18. The summed E-state index contributed by atoms with van der Waals surface area (Å²) >= 11 is 0. The molecule has 3 heteroatoms. The molecule has 0 amide bonds. The lowest BCUT2D eigenvalue weighted by molar-refractivity contribution is 0.0698. The molecule has 0 radical (unpaired) electrons. The van der Waals surface area contributed by atoms with Gasteiger partial charge in [0.2, 0.25) is 0 Å². The van der Waals surface area contributed by atoms with Crippen LogP contribution in [0.4, 0.5) is 0 Å². The fourth-order valence-electron chi connectivity index (χ4n) is 3.07. The molecule has 0 aliphatic carbocycles. The standard InChI is InChI=1S/C21H21NO2/c1-4-13(2)15-9-11-16(12-10-15)20-14(3)19(21(23)24)17-7-5-6-8-18(17)22-20/h5-13H,4H2,1-3H3,(H,23,24)/t13-/m0/s1. The summed E-state index contributed by atoms with van der Waals surface area (Å²) in [5.74, 6) is -0.400. The molecular formula is C21H21NO2. The van der Waals surface area contributed by atoms with Gasteiger partial charge in [-0.15, -0.1) is 0 Å². The molecule has 0 bridgehead atoms. The Morgan fingerprint density at radius 1 is 1.12 bits per heavy atom. The molecule has 3 aromatic rings. The fraction of sp³-hybridized carbons (Fsp3) is 0.238. The van der Waals surface area contributed by atoms with E-state index >= 15 is 0 Å². The van der Waals surface area contributed by atoms with Crippen molar-refractivity contribution in [3.05, 3.63) is 65.2 Å². The second kappa shape index (κ2) is 6.44. The monoisotopic (exact) mass is 319 g/mol. The number of carboxylic acid groups (broad SMARTS) is 1. The maximum atomic E-state index is 11.8. The number of carboxylic acids is 1. The molecule has 0 spiro atoms. The van der Waals surface area contributed by atoms with Gasteiger partial charge in [-0.1, -0.05) is 56.3 Å². The van der Waals surface area contributed by atoms with Crippen LogP contribution in [0.25, 0.3) is 22.2 Å². The predicted octanol–water partition coefficient (Wildman–Crippen LogP) is 5.42. The molecule has 3 rings (SSSR count). The van der Waals surface area contributed by atoms with Gasteiger partial charge in [0.05, 0.1) is 16.8 Å². The summed E-state index contributed by atoms with van der Waals surface area (Å²) in [5, 5.41) is 10.3. The van der Waals surface area contributed by atoms with Gasteiger partial charge in [-0.2, -0.15) is 0 Å². The zero-order valence-electron chi connectivity index (χ0n) is 14.2. The Bertz CT molecular complexity index is 898. The molecule has 1 aromatic heterocycles. The minimum atomic E-state index is -0.913. The summed E-state index contributed by atoms with van der Waals surface area (Å²) in [7, 11) is 0. The third-order valence-electron chi connectivity index (χ3n) is 4.72. The van der Waals surface area contributed by atoms with Crippen molar-refractivity contribution in [2.45, 2.75) is 33.1 Å². The van der Waals surface area contributed by atoms with Crippen LogP contribution in [-0.2, 0) is 0 Å². The number of para-hydroxylation sites is 1. The number of benzene rings is 2. The minimum Gasteiger partial charge on any atom is -0.478 e. The number of aromatic nitrogens is 1. The van der Waals surface area contributed by atoms with Crippen molar-refractivity contribution >= 4 is 16.9 Å². The van der Waals surface area contributed by atoms with Crippen LogP contribution in [0.5, 0.6) is 0 Å². The van der Waals surface area contributed by atoms with Crippen LogP contribution in [0.1, 0.15) is 47.7 Å². The topological polar surface area (TPSA) is 50.2 Å². The number of hydrogen-bond donors (Lipinski definition) is 1. The molecule has 1 atom stereocenters. The number of carbonyl (C=O) groups is 1. The van der Waals surface area contributed by atoms with E-state index in [1.807, 2.05) is 43.3 Å². The van der Waals surface area contributed by atoms with Gasteiger partial charge in [-0.05, 0) is 36.5 Å². The van der Waals surface area contributed by atoms with Crippen LogP contribution in [0.2, 0.25) is 0 Å². The highest BCUT2D eigenvalue weighted by Crippen LogP contribution is 2.30. The van der Waals surface area contributed by atoms with Crippen molar-refractivity contribution in [2.75, 3.05) is 0 Å². The molecule has 0 saturated heterocycles. The first kappa shape index (κ1) is 16.2. The molecular weight excluding hydrogens is 298 g/mol. The van der Waals surface area contributed by atoms with Crippen LogP contribution in [-0.4, -0.2) is 16.1 Å². The Morgan fingerprint density at radius 2 is 1.79 bits per heavy atom. The summed E-state index contributed by atoms with van der Waals surface area (Å²) in [6.45, 7) is 6.21. The Balaban J connectivity index is 2.19. The average Bonchev–Trinajstić information content (AvgIpc) is 2.60. The molecule has 0 aliphatic heterocycles. The van der Waals surface area contributed by atoms with E-state index < -0.39 is 5.97 Å². The predicted molar refractivity (Wildman–Crippen MR) is 97.6 cm³/mol. The molecule has 0 saturated carbocycles. The zero-order chi connectivity index (χ0) is 17.3. The molecule has 3 nitrogen and oxygen atoms in total. The van der Waals surface area contributed by atoms with Crippen molar-refractivity contribution in [2.24, 2.45) is 0 Å². The Kier molecular flexibility index (Phi) is 4.34. The zero-order valence-corrected chi connectivity index (χ0v) is 14.2. The quantitative estimate of drug-likeness (QED) is 0.698. The molecule has 1 heterocycles. The van der Waals surface area contributed by atoms with Crippen LogP contribution < -0.4 is 0 Å². The number of pyridine rings is 1. The smallest absolute Gasteiger partial charge is 0.336 e. The first-order chi connectivity index (χ1) is 11.5. The number of rotatable bonds is 4. The molecule has 2 aromatic carbocycles. The van der Waals surface area contributed by atoms with Gasteiger partial charge in [0.15, 0.2) is 0 Å². The van der Waals surface area contributed by atoms with E-state index in [1.165, 1.54) is 5.56 Å². The van der Waals surface area contributed by atoms with Crippen LogP contribution in [0.15, 0.2) is 48.5 Å². The second-order valence-electron chi connectivity index (χ2n) is 6.21. The largest absolute Gasteiger partial charge is 0.478 e. The normalized spacial score (nSPS) is 12.3. The van der Waals surface area contributed by atoms with Crippen LogP contribution in [0.3, 0.4) is 0 Å². The maximum absolute atomic E-state index is 11.8. The number of aromatic carboxylic acids is 1. The van der Waals surface area contributed by atoms with Crippen molar-refractivity contribution in [1.82, 2.24) is 4.98 Å². The second-order valence-corrected chi connectivity index (χ2v) is 6.21. The lowest BCUT2D eigenvalue weighted by Gasteiger charge is -2.13. The van der Waals surface area contributed by atoms with Crippen LogP contribution in [0, 0.1) is 6.92 Å². The van der Waals surface area contributed by atoms with E-state index in [0.717, 1.165) is 17.7 Å². The Hall–Kier alpha value is -2.68. The molecule has 0 unspecified atom stereocenters. The summed E-state index contributed by atoms with van der Waals surface area (Å²) < 4.78 is 0.